The second-order valence-corrected chi connectivity index (χ2v) is 4.16. The molecule has 0 spiro atoms. The molecule has 1 aromatic carbocycles. The third-order valence-electron chi connectivity index (χ3n) is 1.18. The lowest BCUT2D eigenvalue weighted by Crippen LogP contribution is -1.83. The molecule has 0 saturated heterocycles. The van der Waals surface area contributed by atoms with Gasteiger partial charge in [-0.3, -0.25) is 4.79 Å². The molecular weight excluding hydrogens is 316 g/mol. The summed E-state index contributed by atoms with van der Waals surface area (Å²) in [7, 11) is 0. The number of carbonyl (C=O) groups is 1. The third kappa shape index (κ3) is 3.83. The smallest absolute Gasteiger partial charge is 0.151 e. The first-order valence-electron chi connectivity index (χ1n) is 3.78. The largest absolute Gasteiger partial charge is 0.298 e. The molecule has 1 rings (SSSR count). The Kier molecular flexibility index (Phi) is 6.73. The number of hydrogen-bond donors (Lipinski definition) is 1. The molecule has 13 heavy (non-hydrogen) atoms. The van der Waals surface area contributed by atoms with Gasteiger partial charge in [0.15, 0.2) is 6.29 Å². The summed E-state index contributed by atoms with van der Waals surface area (Å²) in [5.41, 5.74) is 0.578. The summed E-state index contributed by atoms with van der Waals surface area (Å²) in [4.78, 5) is 11.1. The minimum absolute atomic E-state index is 0.578. The van der Waals surface area contributed by atoms with E-state index in [1.807, 2.05) is 19.9 Å². The molecule has 0 aliphatic heterocycles. The van der Waals surface area contributed by atoms with Crippen LogP contribution in [0.15, 0.2) is 26.0 Å². The van der Waals surface area contributed by atoms with E-state index in [0.29, 0.717) is 10.5 Å². The van der Waals surface area contributed by atoms with Crippen LogP contribution in [0.1, 0.15) is 24.2 Å². The van der Waals surface area contributed by atoms with Crippen molar-refractivity contribution in [2.24, 2.45) is 0 Å². The molecule has 0 saturated carbocycles. The third-order valence-corrected chi connectivity index (χ3v) is 3.07. The summed E-state index contributed by atoms with van der Waals surface area (Å²) >= 11 is 10.7. The van der Waals surface area contributed by atoms with Crippen molar-refractivity contribution in [3.8, 4) is 0 Å². The number of carbonyl (C=O) groups excluding carboxylic acids is 1. The highest BCUT2D eigenvalue weighted by molar-refractivity contribution is 9.11. The van der Waals surface area contributed by atoms with Gasteiger partial charge in [0.2, 0.25) is 0 Å². The molecule has 0 aliphatic carbocycles. The van der Waals surface area contributed by atoms with Crippen LogP contribution in [-0.4, -0.2) is 6.29 Å². The van der Waals surface area contributed by atoms with E-state index in [4.69, 9.17) is 0 Å². The summed E-state index contributed by atoms with van der Waals surface area (Å²) in [6.07, 6.45) is 0.776. The molecule has 1 aromatic rings. The van der Waals surface area contributed by atoms with Gasteiger partial charge in [0.05, 0.1) is 0 Å². The van der Waals surface area contributed by atoms with Crippen LogP contribution in [0, 0.1) is 0 Å². The quantitative estimate of drug-likeness (QED) is 0.600. The standard InChI is InChI=1S/C7H4Br2OS.C2H6/c8-5-1-4(3-10)7(11)6(9)2-5;1-2/h1-3,11H;1-2H3. The molecule has 0 atom stereocenters. The molecule has 0 fully saturated rings. The summed E-state index contributed by atoms with van der Waals surface area (Å²) < 4.78 is 1.68. The zero-order valence-electron chi connectivity index (χ0n) is 7.34. The van der Waals surface area contributed by atoms with Crippen molar-refractivity contribution in [1.82, 2.24) is 0 Å². The first kappa shape index (κ1) is 13.2. The maximum atomic E-state index is 10.4. The van der Waals surface area contributed by atoms with Crippen molar-refractivity contribution in [2.45, 2.75) is 18.7 Å². The van der Waals surface area contributed by atoms with Crippen LogP contribution in [0.25, 0.3) is 0 Å². The number of rotatable bonds is 1. The van der Waals surface area contributed by atoms with Crippen LogP contribution in [0.5, 0.6) is 0 Å². The fourth-order valence-electron chi connectivity index (χ4n) is 0.676. The molecule has 0 aliphatic rings. The van der Waals surface area contributed by atoms with Gasteiger partial charge in [-0.1, -0.05) is 29.8 Å². The van der Waals surface area contributed by atoms with Gasteiger partial charge in [-0.15, -0.1) is 12.6 Å². The lowest BCUT2D eigenvalue weighted by Gasteiger charge is -2.00. The lowest BCUT2D eigenvalue weighted by atomic mass is 10.2. The predicted molar refractivity (Wildman–Crippen MR) is 65.8 cm³/mol. The summed E-state index contributed by atoms with van der Waals surface area (Å²) in [5.74, 6) is 0. The van der Waals surface area contributed by atoms with Crippen molar-refractivity contribution in [3.63, 3.8) is 0 Å². The molecule has 4 heteroatoms. The first-order chi connectivity index (χ1) is 6.15. The SMILES string of the molecule is CC.O=Cc1cc(Br)cc(Br)c1S. The average molecular weight is 326 g/mol. The molecule has 0 aromatic heterocycles. The van der Waals surface area contributed by atoms with E-state index in [0.717, 1.165) is 15.2 Å². The second kappa shape index (κ2) is 6.62. The van der Waals surface area contributed by atoms with E-state index in [9.17, 15) is 4.79 Å². The van der Waals surface area contributed by atoms with E-state index < -0.39 is 0 Å². The predicted octanol–water partition coefficient (Wildman–Crippen LogP) is 4.34. The number of benzene rings is 1. The minimum atomic E-state index is 0.578. The van der Waals surface area contributed by atoms with Gasteiger partial charge in [0, 0.05) is 19.4 Å². The monoisotopic (exact) mass is 324 g/mol. The topological polar surface area (TPSA) is 17.1 Å². The fourth-order valence-corrected chi connectivity index (χ4v) is 2.12. The molecule has 0 N–H and O–H groups in total. The van der Waals surface area contributed by atoms with Crippen molar-refractivity contribution in [2.75, 3.05) is 0 Å². The maximum Gasteiger partial charge on any atom is 0.151 e. The van der Waals surface area contributed by atoms with Crippen molar-refractivity contribution in [1.29, 1.82) is 0 Å². The molecule has 72 valence electrons. The number of halogens is 2. The van der Waals surface area contributed by atoms with Gasteiger partial charge in [0.25, 0.3) is 0 Å². The van der Waals surface area contributed by atoms with Gasteiger partial charge >= 0.3 is 0 Å². The summed E-state index contributed by atoms with van der Waals surface area (Å²) in [5, 5.41) is 0. The Hall–Kier alpha value is 0.200. The molecule has 0 bridgehead atoms. The maximum absolute atomic E-state index is 10.4. The molecule has 0 amide bonds. The molecule has 0 radical (unpaired) electrons. The molecular formula is C9H10Br2OS. The zero-order chi connectivity index (χ0) is 10.4. The zero-order valence-corrected chi connectivity index (χ0v) is 11.4. The van der Waals surface area contributed by atoms with E-state index in [-0.39, 0.29) is 0 Å². The first-order valence-corrected chi connectivity index (χ1v) is 5.81. The van der Waals surface area contributed by atoms with E-state index in [1.165, 1.54) is 0 Å². The minimum Gasteiger partial charge on any atom is -0.298 e. The summed E-state index contributed by atoms with van der Waals surface area (Å²) in [6.45, 7) is 4.00. The van der Waals surface area contributed by atoms with Crippen molar-refractivity contribution >= 4 is 50.8 Å². The van der Waals surface area contributed by atoms with E-state index in [2.05, 4.69) is 44.5 Å². The highest BCUT2D eigenvalue weighted by Crippen LogP contribution is 2.27. The molecule has 1 nitrogen and oxygen atoms in total. The van der Waals surface area contributed by atoms with Gasteiger partial charge in [-0.05, 0) is 28.1 Å². The van der Waals surface area contributed by atoms with Crippen molar-refractivity contribution < 1.29 is 4.79 Å². The van der Waals surface area contributed by atoms with Gasteiger partial charge < -0.3 is 0 Å². The van der Waals surface area contributed by atoms with E-state index >= 15 is 0 Å². The highest BCUT2D eigenvalue weighted by atomic mass is 79.9. The fraction of sp³-hybridized carbons (Fsp3) is 0.222. The Morgan fingerprint density at radius 3 is 2.31 bits per heavy atom. The highest BCUT2D eigenvalue weighted by Gasteiger charge is 2.03. The van der Waals surface area contributed by atoms with Gasteiger partial charge in [-0.25, -0.2) is 0 Å². The van der Waals surface area contributed by atoms with Crippen LogP contribution < -0.4 is 0 Å². The Morgan fingerprint density at radius 2 is 1.85 bits per heavy atom. The number of hydrogen-bond acceptors (Lipinski definition) is 2. The Morgan fingerprint density at radius 1 is 1.31 bits per heavy atom. The van der Waals surface area contributed by atoms with Gasteiger partial charge in [-0.2, -0.15) is 0 Å². The van der Waals surface area contributed by atoms with Crippen LogP contribution in [0.4, 0.5) is 0 Å². The van der Waals surface area contributed by atoms with E-state index in [1.54, 1.807) is 6.07 Å². The molecule has 0 heterocycles. The van der Waals surface area contributed by atoms with Crippen LogP contribution >= 0.6 is 44.5 Å². The van der Waals surface area contributed by atoms with Gasteiger partial charge in [0.1, 0.15) is 0 Å². The number of thiol groups is 1. The van der Waals surface area contributed by atoms with Crippen LogP contribution in [-0.2, 0) is 0 Å². The Labute approximate surface area is 101 Å². The average Bonchev–Trinajstić information content (AvgIpc) is 2.14. The van der Waals surface area contributed by atoms with Crippen LogP contribution in [0.2, 0.25) is 0 Å². The Bertz CT molecular complexity index is 300. The normalized spacial score (nSPS) is 8.69. The number of aldehydes is 1. The second-order valence-electron chi connectivity index (χ2n) is 1.94. The molecule has 0 unspecified atom stereocenters. The van der Waals surface area contributed by atoms with Crippen LogP contribution in [0.3, 0.4) is 0 Å². The van der Waals surface area contributed by atoms with Crippen molar-refractivity contribution in [3.05, 3.63) is 26.6 Å². The lowest BCUT2D eigenvalue weighted by molar-refractivity contribution is 0.112. The Balaban J connectivity index is 0.000000671. The summed E-state index contributed by atoms with van der Waals surface area (Å²) in [6, 6.07) is 3.56.